The van der Waals surface area contributed by atoms with Gasteiger partial charge in [-0.25, -0.2) is 17.5 Å². The average molecular weight is 468 g/mol. The van der Waals surface area contributed by atoms with Gasteiger partial charge in [0.2, 0.25) is 15.9 Å². The maximum absolute atomic E-state index is 13.1. The third-order valence-electron chi connectivity index (χ3n) is 5.72. The molecule has 4 rings (SSSR count). The van der Waals surface area contributed by atoms with Gasteiger partial charge in [0.25, 0.3) is 0 Å². The molecule has 0 spiro atoms. The highest BCUT2D eigenvalue weighted by Gasteiger charge is 2.23. The predicted octanol–water partition coefficient (Wildman–Crippen LogP) is 3.51. The number of amides is 1. The minimum absolute atomic E-state index is 0.0302. The van der Waals surface area contributed by atoms with Gasteiger partial charge in [-0.1, -0.05) is 48.5 Å². The molecule has 6 nitrogen and oxygen atoms in total. The number of anilines is 1. The number of hydrogen-bond donors (Lipinski definition) is 1. The molecule has 33 heavy (non-hydrogen) atoms. The molecule has 0 atom stereocenters. The lowest BCUT2D eigenvalue weighted by Crippen LogP contribution is -2.49. The molecule has 3 aromatic rings. The number of carbonyl (C=O) groups excluding carboxylic acids is 1. The number of halogens is 1. The number of benzene rings is 3. The summed E-state index contributed by atoms with van der Waals surface area (Å²) in [5.41, 5.74) is 2.36. The summed E-state index contributed by atoms with van der Waals surface area (Å²) in [6.07, 6.45) is 0.0866. The Labute approximate surface area is 193 Å². The highest BCUT2D eigenvalue weighted by molar-refractivity contribution is 7.89. The fourth-order valence-corrected chi connectivity index (χ4v) is 5.21. The fourth-order valence-electron chi connectivity index (χ4n) is 3.95. The summed E-state index contributed by atoms with van der Waals surface area (Å²) >= 11 is 0. The molecule has 1 N–H and O–H groups in total. The lowest BCUT2D eigenvalue weighted by Gasteiger charge is -2.36. The molecule has 0 radical (unpaired) electrons. The van der Waals surface area contributed by atoms with Crippen molar-refractivity contribution < 1.29 is 17.6 Å². The number of hydrogen-bond acceptors (Lipinski definition) is 4. The molecule has 1 heterocycles. The van der Waals surface area contributed by atoms with E-state index < -0.39 is 10.0 Å². The quantitative estimate of drug-likeness (QED) is 0.577. The number of nitrogens with one attached hydrogen (secondary N) is 1. The van der Waals surface area contributed by atoms with E-state index >= 15 is 0 Å². The molecule has 3 aromatic carbocycles. The van der Waals surface area contributed by atoms with Gasteiger partial charge in [0.1, 0.15) is 5.82 Å². The van der Waals surface area contributed by atoms with Crippen LogP contribution >= 0.6 is 0 Å². The van der Waals surface area contributed by atoms with Crippen molar-refractivity contribution in [2.24, 2.45) is 0 Å². The topological polar surface area (TPSA) is 69.7 Å². The van der Waals surface area contributed by atoms with Crippen LogP contribution in [-0.2, 0) is 14.8 Å². The number of rotatable bonds is 7. The Bertz CT molecular complexity index is 1190. The molecule has 0 bridgehead atoms. The van der Waals surface area contributed by atoms with Crippen LogP contribution in [0, 0.1) is 5.82 Å². The van der Waals surface area contributed by atoms with E-state index in [-0.39, 0.29) is 29.6 Å². The molecule has 172 valence electrons. The van der Waals surface area contributed by atoms with Crippen molar-refractivity contribution in [3.63, 3.8) is 0 Å². The Morgan fingerprint density at radius 2 is 1.48 bits per heavy atom. The molecule has 1 saturated heterocycles. The lowest BCUT2D eigenvalue weighted by molar-refractivity contribution is -0.131. The molecule has 1 amide bonds. The molecule has 1 fully saturated rings. The lowest BCUT2D eigenvalue weighted by atomic mass is 10.1. The Kier molecular flexibility index (Phi) is 7.05. The number of sulfonamides is 1. The van der Waals surface area contributed by atoms with E-state index in [0.717, 1.165) is 11.3 Å². The Morgan fingerprint density at radius 3 is 2.18 bits per heavy atom. The first-order chi connectivity index (χ1) is 15.9. The van der Waals surface area contributed by atoms with Gasteiger partial charge in [-0.2, -0.15) is 0 Å². The third-order valence-corrected chi connectivity index (χ3v) is 7.24. The monoisotopic (exact) mass is 467 g/mol. The predicted molar refractivity (Wildman–Crippen MR) is 127 cm³/mol. The summed E-state index contributed by atoms with van der Waals surface area (Å²) in [7, 11) is -3.77. The molecule has 0 unspecified atom stereocenters. The maximum Gasteiger partial charge on any atom is 0.241 e. The smallest absolute Gasteiger partial charge is 0.241 e. The van der Waals surface area contributed by atoms with Crippen molar-refractivity contribution in [2.45, 2.75) is 11.3 Å². The molecular weight excluding hydrogens is 441 g/mol. The number of carbonyl (C=O) groups is 1. The normalized spacial score (nSPS) is 14.3. The van der Waals surface area contributed by atoms with Gasteiger partial charge < -0.3 is 9.80 Å². The zero-order valence-corrected chi connectivity index (χ0v) is 19.0. The van der Waals surface area contributed by atoms with Gasteiger partial charge in [0, 0.05) is 50.4 Å². The maximum atomic E-state index is 13.1. The van der Waals surface area contributed by atoms with E-state index in [0.29, 0.717) is 31.7 Å². The fraction of sp³-hybridized carbons (Fsp3) is 0.240. The van der Waals surface area contributed by atoms with Crippen molar-refractivity contribution in [1.82, 2.24) is 9.62 Å². The van der Waals surface area contributed by atoms with Gasteiger partial charge >= 0.3 is 0 Å². The largest absolute Gasteiger partial charge is 0.368 e. The second-order valence-corrected chi connectivity index (χ2v) is 9.59. The van der Waals surface area contributed by atoms with Crippen LogP contribution in [0.4, 0.5) is 10.1 Å². The molecular formula is C25H26FN3O3S. The molecule has 8 heteroatoms. The van der Waals surface area contributed by atoms with Gasteiger partial charge in [0.05, 0.1) is 4.90 Å². The Morgan fingerprint density at radius 1 is 0.848 bits per heavy atom. The van der Waals surface area contributed by atoms with Gasteiger partial charge in [-0.3, -0.25) is 4.79 Å². The molecule has 0 aliphatic carbocycles. The third kappa shape index (κ3) is 5.58. The summed E-state index contributed by atoms with van der Waals surface area (Å²) in [5, 5.41) is 0. The summed E-state index contributed by atoms with van der Waals surface area (Å²) in [6, 6.07) is 22.5. The molecule has 0 aromatic heterocycles. The van der Waals surface area contributed by atoms with E-state index in [2.05, 4.69) is 9.62 Å². The van der Waals surface area contributed by atoms with Crippen molar-refractivity contribution >= 4 is 21.6 Å². The zero-order valence-electron chi connectivity index (χ0n) is 18.2. The summed E-state index contributed by atoms with van der Waals surface area (Å²) in [5.74, 6) is -0.366. The van der Waals surface area contributed by atoms with Crippen LogP contribution in [0.5, 0.6) is 0 Å². The second kappa shape index (κ2) is 10.1. The molecule has 1 aliphatic heterocycles. The van der Waals surface area contributed by atoms with Crippen LogP contribution in [0.15, 0.2) is 83.8 Å². The Hall–Kier alpha value is -3.23. The first kappa shape index (κ1) is 22.9. The van der Waals surface area contributed by atoms with Crippen molar-refractivity contribution in [3.8, 4) is 11.1 Å². The summed E-state index contributed by atoms with van der Waals surface area (Å²) in [4.78, 5) is 16.7. The van der Waals surface area contributed by atoms with Crippen LogP contribution < -0.4 is 9.62 Å². The highest BCUT2D eigenvalue weighted by atomic mass is 32.2. The summed E-state index contributed by atoms with van der Waals surface area (Å²) in [6.45, 7) is 2.41. The van der Waals surface area contributed by atoms with E-state index in [1.165, 1.54) is 12.1 Å². The average Bonchev–Trinajstić information content (AvgIpc) is 2.85. The van der Waals surface area contributed by atoms with E-state index in [1.807, 2.05) is 30.3 Å². The van der Waals surface area contributed by atoms with Crippen LogP contribution in [0.1, 0.15) is 6.42 Å². The SMILES string of the molecule is O=C(CCNS(=O)(=O)c1ccccc1-c1ccccc1)N1CCN(c2ccc(F)cc2)CC1. The Balaban J connectivity index is 1.32. The van der Waals surface area contributed by atoms with Crippen LogP contribution in [0.25, 0.3) is 11.1 Å². The van der Waals surface area contributed by atoms with Crippen molar-refractivity contribution in [1.29, 1.82) is 0 Å². The second-order valence-electron chi connectivity index (χ2n) is 7.85. The minimum atomic E-state index is -3.77. The highest BCUT2D eigenvalue weighted by Crippen LogP contribution is 2.26. The first-order valence-corrected chi connectivity index (χ1v) is 12.3. The van der Waals surface area contributed by atoms with Crippen LogP contribution in [-0.4, -0.2) is 51.9 Å². The molecule has 1 aliphatic rings. The van der Waals surface area contributed by atoms with Gasteiger partial charge in [-0.15, -0.1) is 0 Å². The first-order valence-electron chi connectivity index (χ1n) is 10.9. The van der Waals surface area contributed by atoms with Gasteiger partial charge in [-0.05, 0) is 35.9 Å². The minimum Gasteiger partial charge on any atom is -0.368 e. The van der Waals surface area contributed by atoms with Crippen LogP contribution in [0.2, 0.25) is 0 Å². The number of piperazine rings is 1. The standard InChI is InChI=1S/C25H26FN3O3S/c26-21-10-12-22(13-11-21)28-16-18-29(19-17-28)25(30)14-15-27-33(31,32)24-9-5-4-8-23(24)20-6-2-1-3-7-20/h1-13,27H,14-19H2. The summed E-state index contributed by atoms with van der Waals surface area (Å²) < 4.78 is 41.6. The number of nitrogens with zero attached hydrogens (tertiary/aromatic N) is 2. The van der Waals surface area contributed by atoms with E-state index in [1.54, 1.807) is 41.3 Å². The van der Waals surface area contributed by atoms with Crippen molar-refractivity contribution in [3.05, 3.63) is 84.7 Å². The van der Waals surface area contributed by atoms with E-state index in [9.17, 15) is 17.6 Å². The van der Waals surface area contributed by atoms with Crippen LogP contribution in [0.3, 0.4) is 0 Å². The van der Waals surface area contributed by atoms with Gasteiger partial charge in [0.15, 0.2) is 0 Å². The molecule has 0 saturated carbocycles. The zero-order chi connectivity index (χ0) is 23.3. The van der Waals surface area contributed by atoms with E-state index in [4.69, 9.17) is 0 Å². The van der Waals surface area contributed by atoms with Crippen molar-refractivity contribution in [2.75, 3.05) is 37.6 Å².